The second-order valence-electron chi connectivity index (χ2n) is 3.51. The summed E-state index contributed by atoms with van der Waals surface area (Å²) in [6, 6.07) is 6.40. The van der Waals surface area contributed by atoms with Gasteiger partial charge in [-0.25, -0.2) is 0 Å². The van der Waals surface area contributed by atoms with E-state index in [-0.39, 0.29) is 0 Å². The van der Waals surface area contributed by atoms with E-state index in [9.17, 15) is 0 Å². The van der Waals surface area contributed by atoms with Crippen molar-refractivity contribution in [3.63, 3.8) is 0 Å². The Morgan fingerprint density at radius 2 is 2.00 bits per heavy atom. The molecule has 0 aromatic heterocycles. The van der Waals surface area contributed by atoms with Crippen LogP contribution < -0.4 is 9.64 Å². The van der Waals surface area contributed by atoms with E-state index in [0.29, 0.717) is 0 Å². The van der Waals surface area contributed by atoms with E-state index in [4.69, 9.17) is 4.74 Å². The second-order valence-corrected chi connectivity index (χ2v) is 4.68. The molecular formula is C11H14INO. The van der Waals surface area contributed by atoms with Crippen LogP contribution in [0.15, 0.2) is 18.2 Å². The molecule has 0 amide bonds. The Balaban J connectivity index is 2.23. The molecule has 1 aromatic rings. The Bertz CT molecular complexity index is 321. The molecule has 14 heavy (non-hydrogen) atoms. The van der Waals surface area contributed by atoms with Gasteiger partial charge in [0.2, 0.25) is 0 Å². The van der Waals surface area contributed by atoms with Gasteiger partial charge >= 0.3 is 0 Å². The fourth-order valence-corrected chi connectivity index (χ4v) is 2.55. The number of anilines is 1. The minimum atomic E-state index is 0.966. The molecule has 3 heteroatoms. The number of ether oxygens (including phenoxy) is 1. The lowest BCUT2D eigenvalue weighted by Gasteiger charge is -2.18. The van der Waals surface area contributed by atoms with Crippen molar-refractivity contribution >= 4 is 28.3 Å². The molecule has 76 valence electrons. The van der Waals surface area contributed by atoms with Crippen LogP contribution in [-0.2, 0) is 0 Å². The predicted molar refractivity (Wildman–Crippen MR) is 67.2 cm³/mol. The molecule has 1 fully saturated rings. The van der Waals surface area contributed by atoms with Crippen molar-refractivity contribution in [1.82, 2.24) is 0 Å². The molecule has 2 nitrogen and oxygen atoms in total. The number of halogens is 1. The number of methoxy groups -OCH3 is 1. The fraction of sp³-hybridized carbons (Fsp3) is 0.455. The Morgan fingerprint density at radius 3 is 2.57 bits per heavy atom. The number of nitrogens with zero attached hydrogens (tertiary/aromatic N) is 1. The summed E-state index contributed by atoms with van der Waals surface area (Å²) in [6.45, 7) is 2.39. The molecule has 0 spiro atoms. The van der Waals surface area contributed by atoms with E-state index in [1.807, 2.05) is 0 Å². The molecule has 0 N–H and O–H groups in total. The average molecular weight is 303 g/mol. The van der Waals surface area contributed by atoms with E-state index in [1.54, 1.807) is 7.11 Å². The van der Waals surface area contributed by atoms with Crippen LogP contribution in [0.1, 0.15) is 12.8 Å². The minimum Gasteiger partial charge on any atom is -0.496 e. The highest BCUT2D eigenvalue weighted by Crippen LogP contribution is 2.28. The van der Waals surface area contributed by atoms with Crippen LogP contribution in [0.2, 0.25) is 0 Å². The molecule has 1 saturated heterocycles. The Kier molecular flexibility index (Phi) is 3.15. The maximum Gasteiger partial charge on any atom is 0.132 e. The summed E-state index contributed by atoms with van der Waals surface area (Å²) in [6.07, 6.45) is 2.64. The van der Waals surface area contributed by atoms with Gasteiger partial charge in [-0.2, -0.15) is 0 Å². The van der Waals surface area contributed by atoms with Crippen LogP contribution in [0.3, 0.4) is 0 Å². The number of hydrogen-bond acceptors (Lipinski definition) is 2. The zero-order chi connectivity index (χ0) is 9.97. The molecule has 1 aliphatic heterocycles. The van der Waals surface area contributed by atoms with Gasteiger partial charge in [0.25, 0.3) is 0 Å². The van der Waals surface area contributed by atoms with Crippen LogP contribution in [-0.4, -0.2) is 20.2 Å². The molecular weight excluding hydrogens is 289 g/mol. The molecule has 1 aromatic carbocycles. The Morgan fingerprint density at radius 1 is 1.29 bits per heavy atom. The van der Waals surface area contributed by atoms with Crippen molar-refractivity contribution in [2.24, 2.45) is 0 Å². The first kappa shape index (κ1) is 10.1. The van der Waals surface area contributed by atoms with Crippen molar-refractivity contribution in [2.75, 3.05) is 25.1 Å². The average Bonchev–Trinajstić information content (AvgIpc) is 2.70. The van der Waals surface area contributed by atoms with E-state index < -0.39 is 0 Å². The summed E-state index contributed by atoms with van der Waals surface area (Å²) in [5.41, 5.74) is 1.33. The van der Waals surface area contributed by atoms with E-state index in [0.717, 1.165) is 5.75 Å². The van der Waals surface area contributed by atoms with E-state index >= 15 is 0 Å². The quantitative estimate of drug-likeness (QED) is 0.779. The maximum atomic E-state index is 5.24. The number of benzene rings is 1. The third-order valence-corrected chi connectivity index (χ3v) is 3.45. The molecule has 0 bridgehead atoms. The summed E-state index contributed by atoms with van der Waals surface area (Å²) < 4.78 is 6.43. The Labute approximate surface area is 98.4 Å². The monoisotopic (exact) mass is 303 g/mol. The number of hydrogen-bond donors (Lipinski definition) is 0. The molecule has 1 heterocycles. The van der Waals surface area contributed by atoms with Gasteiger partial charge in [0.15, 0.2) is 0 Å². The fourth-order valence-electron chi connectivity index (χ4n) is 1.83. The van der Waals surface area contributed by atoms with Crippen molar-refractivity contribution in [2.45, 2.75) is 12.8 Å². The molecule has 0 aliphatic carbocycles. The highest BCUT2D eigenvalue weighted by molar-refractivity contribution is 14.1. The van der Waals surface area contributed by atoms with E-state index in [1.165, 1.54) is 35.2 Å². The molecule has 0 atom stereocenters. The van der Waals surface area contributed by atoms with Crippen molar-refractivity contribution < 1.29 is 4.74 Å². The van der Waals surface area contributed by atoms with Gasteiger partial charge < -0.3 is 9.64 Å². The lowest BCUT2D eigenvalue weighted by atomic mass is 10.3. The van der Waals surface area contributed by atoms with Crippen LogP contribution >= 0.6 is 22.6 Å². The van der Waals surface area contributed by atoms with Gasteiger partial charge in [-0.3, -0.25) is 0 Å². The summed E-state index contributed by atoms with van der Waals surface area (Å²) in [4.78, 5) is 2.43. The van der Waals surface area contributed by atoms with Crippen LogP contribution in [0.5, 0.6) is 5.75 Å². The number of rotatable bonds is 2. The standard InChI is InChI=1S/C11H14INO/c1-14-11-5-4-9(8-10(11)12)13-6-2-3-7-13/h4-5,8H,2-3,6-7H2,1H3. The predicted octanol–water partition coefficient (Wildman–Crippen LogP) is 2.90. The summed E-state index contributed by atoms with van der Waals surface area (Å²) in [5.74, 6) is 0.966. The Hall–Kier alpha value is -0.450. The van der Waals surface area contributed by atoms with Crippen LogP contribution in [0, 0.1) is 3.57 Å². The zero-order valence-corrected chi connectivity index (χ0v) is 10.5. The largest absolute Gasteiger partial charge is 0.496 e. The molecule has 0 radical (unpaired) electrons. The lowest BCUT2D eigenvalue weighted by molar-refractivity contribution is 0.412. The SMILES string of the molecule is COc1ccc(N2CCCC2)cc1I. The van der Waals surface area contributed by atoms with Crippen molar-refractivity contribution in [3.05, 3.63) is 21.8 Å². The first-order valence-corrected chi connectivity index (χ1v) is 5.97. The van der Waals surface area contributed by atoms with Gasteiger partial charge in [-0.15, -0.1) is 0 Å². The topological polar surface area (TPSA) is 12.5 Å². The highest BCUT2D eigenvalue weighted by atomic mass is 127. The maximum absolute atomic E-state index is 5.24. The van der Waals surface area contributed by atoms with Crippen molar-refractivity contribution in [1.29, 1.82) is 0 Å². The third kappa shape index (κ3) is 1.97. The van der Waals surface area contributed by atoms with Gasteiger partial charge in [0, 0.05) is 18.8 Å². The smallest absolute Gasteiger partial charge is 0.132 e. The van der Waals surface area contributed by atoms with Gasteiger partial charge in [0.05, 0.1) is 10.7 Å². The van der Waals surface area contributed by atoms with Crippen LogP contribution in [0.25, 0.3) is 0 Å². The van der Waals surface area contributed by atoms with Gasteiger partial charge in [-0.05, 0) is 53.6 Å². The first-order valence-electron chi connectivity index (χ1n) is 4.90. The molecule has 2 rings (SSSR count). The van der Waals surface area contributed by atoms with Gasteiger partial charge in [0.1, 0.15) is 5.75 Å². The molecule has 0 unspecified atom stereocenters. The summed E-state index contributed by atoms with van der Waals surface area (Å²) >= 11 is 2.32. The second kappa shape index (κ2) is 4.38. The minimum absolute atomic E-state index is 0.966. The highest BCUT2D eigenvalue weighted by Gasteiger charge is 2.13. The molecule has 0 saturated carbocycles. The van der Waals surface area contributed by atoms with Crippen LogP contribution in [0.4, 0.5) is 5.69 Å². The zero-order valence-electron chi connectivity index (χ0n) is 8.29. The lowest BCUT2D eigenvalue weighted by Crippen LogP contribution is -2.17. The van der Waals surface area contributed by atoms with Gasteiger partial charge in [-0.1, -0.05) is 0 Å². The van der Waals surface area contributed by atoms with E-state index in [2.05, 4.69) is 45.7 Å². The normalized spacial score (nSPS) is 16.0. The first-order chi connectivity index (χ1) is 6.81. The molecule has 1 aliphatic rings. The third-order valence-electron chi connectivity index (χ3n) is 2.61. The summed E-state index contributed by atoms with van der Waals surface area (Å²) in [7, 11) is 1.72. The van der Waals surface area contributed by atoms with Crippen molar-refractivity contribution in [3.8, 4) is 5.75 Å². The summed E-state index contributed by atoms with van der Waals surface area (Å²) in [5, 5.41) is 0.